The van der Waals surface area contributed by atoms with Gasteiger partial charge in [-0.05, 0) is 57.0 Å². The number of nitro groups is 1. The number of amides is 1. The average molecular weight is 403 g/mol. The molecule has 0 fully saturated rings. The molecule has 1 heterocycles. The van der Waals surface area contributed by atoms with Gasteiger partial charge in [0, 0.05) is 29.8 Å². The number of carbonyl (C=O) groups excluding carboxylic acids is 1. The minimum absolute atomic E-state index is 0.0661. The van der Waals surface area contributed by atoms with E-state index in [9.17, 15) is 23.3 Å². The van der Waals surface area contributed by atoms with Crippen molar-refractivity contribution >= 4 is 27.3 Å². The fourth-order valence-electron chi connectivity index (χ4n) is 3.09. The topological polar surface area (TPSA) is 110 Å². The van der Waals surface area contributed by atoms with Crippen molar-refractivity contribution in [3.8, 4) is 0 Å². The number of rotatable bonds is 4. The molecule has 1 aliphatic rings. The van der Waals surface area contributed by atoms with Crippen molar-refractivity contribution in [1.29, 1.82) is 0 Å². The Kier molecular flexibility index (Phi) is 4.99. The Labute approximate surface area is 163 Å². The molecule has 1 N–H and O–H groups in total. The van der Waals surface area contributed by atoms with Gasteiger partial charge in [0.05, 0.1) is 15.5 Å². The molecule has 2 aromatic rings. The molecule has 2 aromatic carbocycles. The van der Waals surface area contributed by atoms with Crippen LogP contribution in [-0.2, 0) is 16.4 Å². The summed E-state index contributed by atoms with van der Waals surface area (Å²) in [5, 5.41) is 11.0. The van der Waals surface area contributed by atoms with Gasteiger partial charge in [0.15, 0.2) is 0 Å². The molecule has 0 atom stereocenters. The zero-order chi connectivity index (χ0) is 20.7. The van der Waals surface area contributed by atoms with Crippen LogP contribution in [-0.4, -0.2) is 31.3 Å². The van der Waals surface area contributed by atoms with Gasteiger partial charge in [-0.25, -0.2) is 13.1 Å². The maximum Gasteiger partial charge on any atom is 0.271 e. The summed E-state index contributed by atoms with van der Waals surface area (Å²) in [6, 6.07) is 10.1. The summed E-state index contributed by atoms with van der Waals surface area (Å²) >= 11 is 0. The number of sulfonamides is 1. The molecule has 28 heavy (non-hydrogen) atoms. The second-order valence-corrected chi connectivity index (χ2v) is 9.34. The number of anilines is 1. The van der Waals surface area contributed by atoms with E-state index in [1.165, 1.54) is 41.3 Å². The van der Waals surface area contributed by atoms with Crippen LogP contribution in [0.25, 0.3) is 0 Å². The fourth-order valence-corrected chi connectivity index (χ4v) is 4.51. The van der Waals surface area contributed by atoms with Crippen LogP contribution in [0.3, 0.4) is 0 Å². The lowest BCUT2D eigenvalue weighted by Gasteiger charge is -2.21. The SMILES string of the molecule is CC(C)(C)NS(=O)(=O)c1ccc(C(=O)N2CCc3ccc([N+](=O)[O-])cc32)cc1. The summed E-state index contributed by atoms with van der Waals surface area (Å²) in [5.41, 5.74) is 1.00. The van der Waals surface area contributed by atoms with Crippen molar-refractivity contribution < 1.29 is 18.1 Å². The number of nitrogens with one attached hydrogen (secondary N) is 1. The number of hydrogen-bond acceptors (Lipinski definition) is 5. The van der Waals surface area contributed by atoms with E-state index in [0.29, 0.717) is 24.2 Å². The second-order valence-electron chi connectivity index (χ2n) is 7.66. The van der Waals surface area contributed by atoms with Gasteiger partial charge in [0.2, 0.25) is 10.0 Å². The normalized spacial score (nSPS) is 14.0. The first-order chi connectivity index (χ1) is 13.0. The van der Waals surface area contributed by atoms with Gasteiger partial charge in [-0.3, -0.25) is 14.9 Å². The number of benzene rings is 2. The molecular formula is C19H21N3O5S. The van der Waals surface area contributed by atoms with E-state index in [1.54, 1.807) is 26.8 Å². The quantitative estimate of drug-likeness (QED) is 0.623. The predicted molar refractivity (Wildman–Crippen MR) is 105 cm³/mol. The van der Waals surface area contributed by atoms with E-state index < -0.39 is 20.5 Å². The molecule has 148 valence electrons. The van der Waals surface area contributed by atoms with E-state index in [-0.39, 0.29) is 16.5 Å². The maximum absolute atomic E-state index is 12.9. The molecule has 0 aromatic heterocycles. The van der Waals surface area contributed by atoms with Crippen LogP contribution in [0.15, 0.2) is 47.4 Å². The molecule has 0 unspecified atom stereocenters. The van der Waals surface area contributed by atoms with Gasteiger partial charge in [-0.2, -0.15) is 0 Å². The van der Waals surface area contributed by atoms with Crippen LogP contribution in [0.2, 0.25) is 0 Å². The molecular weight excluding hydrogens is 382 g/mol. The van der Waals surface area contributed by atoms with Gasteiger partial charge in [0.1, 0.15) is 0 Å². The highest BCUT2D eigenvalue weighted by molar-refractivity contribution is 7.89. The molecule has 0 bridgehead atoms. The number of non-ortho nitro benzene ring substituents is 1. The maximum atomic E-state index is 12.9. The molecule has 0 saturated carbocycles. The highest BCUT2D eigenvalue weighted by atomic mass is 32.2. The number of hydrogen-bond donors (Lipinski definition) is 1. The van der Waals surface area contributed by atoms with Crippen molar-refractivity contribution in [2.75, 3.05) is 11.4 Å². The predicted octanol–water partition coefficient (Wildman–Crippen LogP) is 2.87. The molecule has 0 saturated heterocycles. The molecule has 0 radical (unpaired) electrons. The zero-order valence-electron chi connectivity index (χ0n) is 15.8. The van der Waals surface area contributed by atoms with E-state index >= 15 is 0 Å². The smallest absolute Gasteiger partial charge is 0.271 e. The van der Waals surface area contributed by atoms with Crippen molar-refractivity contribution in [1.82, 2.24) is 4.72 Å². The molecule has 0 spiro atoms. The summed E-state index contributed by atoms with van der Waals surface area (Å²) in [4.78, 5) is 24.9. The van der Waals surface area contributed by atoms with E-state index in [0.717, 1.165) is 5.56 Å². The Hall–Kier alpha value is -2.78. The fraction of sp³-hybridized carbons (Fsp3) is 0.316. The van der Waals surface area contributed by atoms with Crippen LogP contribution < -0.4 is 9.62 Å². The molecule has 8 nitrogen and oxygen atoms in total. The second kappa shape index (κ2) is 6.99. The highest BCUT2D eigenvalue weighted by Crippen LogP contribution is 2.32. The first kappa shape index (κ1) is 20.0. The van der Waals surface area contributed by atoms with Gasteiger partial charge >= 0.3 is 0 Å². The molecule has 3 rings (SSSR count). The van der Waals surface area contributed by atoms with Gasteiger partial charge in [0.25, 0.3) is 11.6 Å². The Morgan fingerprint density at radius 2 is 1.79 bits per heavy atom. The molecule has 0 aliphatic carbocycles. The lowest BCUT2D eigenvalue weighted by atomic mass is 10.1. The summed E-state index contributed by atoms with van der Waals surface area (Å²) in [5.74, 6) is -0.327. The van der Waals surface area contributed by atoms with Crippen LogP contribution in [0.1, 0.15) is 36.7 Å². The Morgan fingerprint density at radius 3 is 2.36 bits per heavy atom. The summed E-state index contributed by atoms with van der Waals surface area (Å²) in [6.07, 6.45) is 0.612. The lowest BCUT2D eigenvalue weighted by molar-refractivity contribution is -0.384. The largest absolute Gasteiger partial charge is 0.308 e. The minimum Gasteiger partial charge on any atom is -0.308 e. The Morgan fingerprint density at radius 1 is 1.14 bits per heavy atom. The van der Waals surface area contributed by atoms with E-state index in [1.807, 2.05) is 0 Å². The van der Waals surface area contributed by atoms with E-state index in [4.69, 9.17) is 0 Å². The third-order valence-corrected chi connectivity index (χ3v) is 6.05. The van der Waals surface area contributed by atoms with Crippen LogP contribution >= 0.6 is 0 Å². The average Bonchev–Trinajstić information content (AvgIpc) is 3.02. The van der Waals surface area contributed by atoms with Gasteiger partial charge in [-0.1, -0.05) is 6.07 Å². The van der Waals surface area contributed by atoms with Crippen molar-refractivity contribution in [2.24, 2.45) is 0 Å². The standard InChI is InChI=1S/C19H21N3O5S/c1-19(2,3)20-28(26,27)16-8-5-14(6-9-16)18(23)21-11-10-13-4-7-15(22(24)25)12-17(13)21/h4-9,12,20H,10-11H2,1-3H3. The molecule has 1 aliphatic heterocycles. The van der Waals surface area contributed by atoms with Gasteiger partial charge in [-0.15, -0.1) is 0 Å². The highest BCUT2D eigenvalue weighted by Gasteiger charge is 2.28. The summed E-state index contributed by atoms with van der Waals surface area (Å²) in [7, 11) is -3.69. The van der Waals surface area contributed by atoms with Crippen LogP contribution in [0.4, 0.5) is 11.4 Å². The monoisotopic (exact) mass is 403 g/mol. The van der Waals surface area contributed by atoms with Crippen LogP contribution in [0.5, 0.6) is 0 Å². The number of carbonyl (C=O) groups is 1. The summed E-state index contributed by atoms with van der Waals surface area (Å²) < 4.78 is 27.3. The first-order valence-electron chi connectivity index (χ1n) is 8.71. The minimum atomic E-state index is -3.69. The number of nitro benzene ring substituents is 1. The zero-order valence-corrected chi connectivity index (χ0v) is 16.6. The summed E-state index contributed by atoms with van der Waals surface area (Å²) in [6.45, 7) is 5.65. The van der Waals surface area contributed by atoms with Crippen molar-refractivity contribution in [3.05, 3.63) is 63.7 Å². The Balaban J connectivity index is 1.86. The number of fused-ring (bicyclic) bond motifs is 1. The Bertz CT molecular complexity index is 1040. The molecule has 1 amide bonds. The number of nitrogens with zero attached hydrogens (tertiary/aromatic N) is 2. The van der Waals surface area contributed by atoms with Crippen molar-refractivity contribution in [2.45, 2.75) is 37.6 Å². The third-order valence-electron chi connectivity index (χ3n) is 4.27. The van der Waals surface area contributed by atoms with Crippen molar-refractivity contribution in [3.63, 3.8) is 0 Å². The van der Waals surface area contributed by atoms with Crippen LogP contribution in [0, 0.1) is 10.1 Å². The third kappa shape index (κ3) is 4.05. The lowest BCUT2D eigenvalue weighted by Crippen LogP contribution is -2.40. The first-order valence-corrected chi connectivity index (χ1v) is 10.2. The van der Waals surface area contributed by atoms with E-state index in [2.05, 4.69) is 4.72 Å². The molecule has 9 heteroatoms. The van der Waals surface area contributed by atoms with Gasteiger partial charge < -0.3 is 4.90 Å².